The molecule has 8 heteroatoms. The van der Waals surface area contributed by atoms with Crippen LogP contribution in [0.4, 0.5) is 4.79 Å². The van der Waals surface area contributed by atoms with E-state index in [0.29, 0.717) is 18.3 Å². The second-order valence-corrected chi connectivity index (χ2v) is 6.40. The summed E-state index contributed by atoms with van der Waals surface area (Å²) in [6, 6.07) is -0.899. The summed E-state index contributed by atoms with van der Waals surface area (Å²) in [5.74, 6) is 0.974. The van der Waals surface area contributed by atoms with Crippen LogP contribution in [0.3, 0.4) is 0 Å². The zero-order chi connectivity index (χ0) is 17.6. The molecule has 0 bridgehead atoms. The molecule has 0 aromatic carbocycles. The quantitative estimate of drug-likeness (QED) is 0.719. The number of likely N-dealkylation sites (N-methyl/N-ethyl adjacent to an activating group) is 2. The van der Waals surface area contributed by atoms with E-state index in [-0.39, 0.29) is 18.0 Å². The van der Waals surface area contributed by atoms with Gasteiger partial charge in [-0.1, -0.05) is 18.3 Å². The minimum absolute atomic E-state index is 0.0339. The first-order valence-electron chi connectivity index (χ1n) is 8.57. The molecule has 24 heavy (non-hydrogen) atoms. The highest BCUT2D eigenvalue weighted by atomic mass is 16.2. The van der Waals surface area contributed by atoms with Crippen molar-refractivity contribution in [3.63, 3.8) is 0 Å². The smallest absolute Gasteiger partial charge is 0.270 e. The highest BCUT2D eigenvalue weighted by Gasteiger charge is 2.55. The van der Waals surface area contributed by atoms with Gasteiger partial charge in [0.2, 0.25) is 11.9 Å². The number of hydrogen-bond donors (Lipinski definition) is 0. The fourth-order valence-electron chi connectivity index (χ4n) is 3.33. The normalized spacial score (nSPS) is 26.6. The fourth-order valence-corrected chi connectivity index (χ4v) is 3.33. The summed E-state index contributed by atoms with van der Waals surface area (Å²) in [7, 11) is 1.68. The standard InChI is InChI=1S/C16H25N6O2/c1-6-8-9-21-15-17-13-12(22(15)11(4)10(3)18-21)14(23)20(7-2)16(24)19(13)5/h11-12H,6-9H2,1-5H3/q+1. The molecule has 3 amide bonds. The van der Waals surface area contributed by atoms with Gasteiger partial charge in [0.1, 0.15) is 6.04 Å². The maximum atomic E-state index is 12.9. The largest absolute Gasteiger partial charge is 0.416 e. The van der Waals surface area contributed by atoms with Crippen molar-refractivity contribution in [3.8, 4) is 0 Å². The first-order valence-corrected chi connectivity index (χ1v) is 8.57. The van der Waals surface area contributed by atoms with E-state index in [4.69, 9.17) is 0 Å². The molecule has 3 aliphatic heterocycles. The molecule has 3 heterocycles. The number of fused-ring (bicyclic) bond motifs is 2. The predicted octanol–water partition coefficient (Wildman–Crippen LogP) is 0.930. The Balaban J connectivity index is 2.05. The first-order chi connectivity index (χ1) is 11.4. The molecule has 0 aromatic heterocycles. The van der Waals surface area contributed by atoms with E-state index in [1.54, 1.807) is 7.05 Å². The minimum Gasteiger partial charge on any atom is -0.270 e. The molecule has 0 N–H and O–H groups in total. The number of nitrogens with zero attached hydrogens (tertiary/aromatic N) is 6. The maximum Gasteiger partial charge on any atom is 0.416 e. The second kappa shape index (κ2) is 5.99. The molecular formula is C16H25N6O2+. The van der Waals surface area contributed by atoms with E-state index in [1.165, 1.54) is 9.80 Å². The lowest BCUT2D eigenvalue weighted by Crippen LogP contribution is -2.64. The summed E-state index contributed by atoms with van der Waals surface area (Å²) in [4.78, 5) is 32.7. The van der Waals surface area contributed by atoms with Crippen molar-refractivity contribution in [2.75, 3.05) is 20.1 Å². The lowest BCUT2D eigenvalue weighted by Gasteiger charge is -2.35. The molecule has 1 saturated heterocycles. The van der Waals surface area contributed by atoms with E-state index in [9.17, 15) is 9.59 Å². The van der Waals surface area contributed by atoms with Crippen molar-refractivity contribution in [2.45, 2.75) is 52.6 Å². The van der Waals surface area contributed by atoms with Crippen molar-refractivity contribution >= 4 is 29.4 Å². The third-order valence-electron chi connectivity index (χ3n) is 4.90. The number of urea groups is 1. The molecule has 0 saturated carbocycles. The van der Waals surface area contributed by atoms with Crippen molar-refractivity contribution < 1.29 is 14.2 Å². The van der Waals surface area contributed by atoms with Crippen molar-refractivity contribution in [1.29, 1.82) is 0 Å². The van der Waals surface area contributed by atoms with Gasteiger partial charge in [-0.3, -0.25) is 14.6 Å². The van der Waals surface area contributed by atoms with Crippen molar-refractivity contribution in [2.24, 2.45) is 10.1 Å². The number of hydrogen-bond acceptors (Lipinski definition) is 5. The summed E-state index contributed by atoms with van der Waals surface area (Å²) in [5, 5.41) is 6.51. The lowest BCUT2D eigenvalue weighted by atomic mass is 10.1. The van der Waals surface area contributed by atoms with Gasteiger partial charge in [-0.2, -0.15) is 0 Å². The van der Waals surface area contributed by atoms with Gasteiger partial charge in [-0.25, -0.2) is 9.37 Å². The van der Waals surface area contributed by atoms with Crippen LogP contribution >= 0.6 is 0 Å². The summed E-state index contributed by atoms with van der Waals surface area (Å²) in [5.41, 5.74) is 0.946. The van der Waals surface area contributed by atoms with Crippen LogP contribution in [0.2, 0.25) is 0 Å². The molecule has 2 unspecified atom stereocenters. The van der Waals surface area contributed by atoms with Crippen LogP contribution in [0, 0.1) is 0 Å². The Bertz CT molecular complexity index is 680. The van der Waals surface area contributed by atoms with Crippen LogP contribution < -0.4 is 0 Å². The molecule has 1 fully saturated rings. The summed E-state index contributed by atoms with van der Waals surface area (Å²) >= 11 is 0. The zero-order valence-electron chi connectivity index (χ0n) is 15.0. The van der Waals surface area contributed by atoms with Gasteiger partial charge < -0.3 is 0 Å². The van der Waals surface area contributed by atoms with Gasteiger partial charge in [0, 0.05) is 13.6 Å². The van der Waals surface area contributed by atoms with Crippen LogP contribution in [-0.2, 0) is 4.79 Å². The molecule has 0 spiro atoms. The number of unbranched alkanes of at least 4 members (excludes halogenated alkanes) is 1. The van der Waals surface area contributed by atoms with E-state index in [1.807, 2.05) is 30.4 Å². The Morgan fingerprint density at radius 2 is 1.96 bits per heavy atom. The van der Waals surface area contributed by atoms with Crippen molar-refractivity contribution in [3.05, 3.63) is 0 Å². The Kier molecular flexibility index (Phi) is 4.15. The number of hydrazone groups is 1. The number of carbonyl (C=O) groups is 2. The molecular weight excluding hydrogens is 308 g/mol. The lowest BCUT2D eigenvalue weighted by molar-refractivity contribution is -0.559. The Morgan fingerprint density at radius 3 is 2.58 bits per heavy atom. The fraction of sp³-hybridized carbons (Fsp3) is 0.688. The number of guanidine groups is 1. The highest BCUT2D eigenvalue weighted by molar-refractivity contribution is 6.23. The number of amides is 3. The highest BCUT2D eigenvalue weighted by Crippen LogP contribution is 2.25. The molecule has 3 aliphatic rings. The summed E-state index contributed by atoms with van der Waals surface area (Å²) in [6.07, 6.45) is 2.04. The first kappa shape index (κ1) is 16.6. The topological polar surface area (TPSA) is 71.6 Å². The Hall–Kier alpha value is -2.25. The van der Waals surface area contributed by atoms with Gasteiger partial charge in [0.15, 0.2) is 0 Å². The Morgan fingerprint density at radius 1 is 1.25 bits per heavy atom. The van der Waals surface area contributed by atoms with Gasteiger partial charge in [0.25, 0.3) is 5.91 Å². The number of aliphatic imine (C=N–C) groups is 1. The average molecular weight is 333 g/mol. The predicted molar refractivity (Wildman–Crippen MR) is 91.2 cm³/mol. The van der Waals surface area contributed by atoms with Gasteiger partial charge in [0.05, 0.1) is 12.3 Å². The van der Waals surface area contributed by atoms with Crippen LogP contribution in [0.25, 0.3) is 0 Å². The number of amidine groups is 1. The van der Waals surface area contributed by atoms with Crippen LogP contribution in [0.15, 0.2) is 10.1 Å². The molecule has 3 rings (SSSR count). The molecule has 0 aromatic rings. The van der Waals surface area contributed by atoms with E-state index in [2.05, 4.69) is 17.0 Å². The Labute approximate surface area is 142 Å². The van der Waals surface area contributed by atoms with Crippen LogP contribution in [0.1, 0.15) is 40.5 Å². The number of imide groups is 1. The van der Waals surface area contributed by atoms with Crippen LogP contribution in [0.5, 0.6) is 0 Å². The monoisotopic (exact) mass is 333 g/mol. The average Bonchev–Trinajstić information content (AvgIpc) is 2.96. The summed E-state index contributed by atoms with van der Waals surface area (Å²) in [6.45, 7) is 9.04. The number of rotatable bonds is 4. The molecule has 2 atom stereocenters. The molecule has 0 radical (unpaired) electrons. The molecule has 130 valence electrons. The third-order valence-corrected chi connectivity index (χ3v) is 4.90. The maximum absolute atomic E-state index is 12.9. The van der Waals surface area contributed by atoms with Gasteiger partial charge in [-0.05, 0) is 27.2 Å². The van der Waals surface area contributed by atoms with E-state index < -0.39 is 6.04 Å². The molecule has 0 aliphatic carbocycles. The van der Waals surface area contributed by atoms with Crippen molar-refractivity contribution in [1.82, 2.24) is 14.8 Å². The van der Waals surface area contributed by atoms with Gasteiger partial charge >= 0.3 is 12.0 Å². The van der Waals surface area contributed by atoms with E-state index >= 15 is 0 Å². The third kappa shape index (κ3) is 2.23. The van der Waals surface area contributed by atoms with Gasteiger partial charge in [-0.15, -0.1) is 10.1 Å². The minimum atomic E-state index is -0.549. The second-order valence-electron chi connectivity index (χ2n) is 6.40. The zero-order valence-corrected chi connectivity index (χ0v) is 15.0. The number of carbonyl (C=O) groups excluding carboxylic acids is 2. The SMILES string of the molecule is CCCCN1N=C(C)C(C)[N+]2=C1N=C1C2C(=O)N(CC)C(=O)N1C. The van der Waals surface area contributed by atoms with E-state index in [0.717, 1.165) is 25.1 Å². The summed E-state index contributed by atoms with van der Waals surface area (Å²) < 4.78 is 2.00. The molecule has 8 nitrogen and oxygen atoms in total. The van der Waals surface area contributed by atoms with Crippen LogP contribution in [-0.4, -0.2) is 81.1 Å².